The Balaban J connectivity index is 2.04. The van der Waals surface area contributed by atoms with Crippen LogP contribution in [0.25, 0.3) is 0 Å². The Labute approximate surface area is 148 Å². The van der Waals surface area contributed by atoms with Crippen molar-refractivity contribution in [1.82, 2.24) is 25.3 Å². The number of aryl methyl sites for hydroxylation is 1. The molecule has 2 amide bonds. The molecule has 2 rings (SSSR count). The lowest BCUT2D eigenvalue weighted by atomic mass is 9.94. The molecule has 1 aliphatic heterocycles. The Morgan fingerprint density at radius 1 is 1.44 bits per heavy atom. The lowest BCUT2D eigenvalue weighted by Crippen LogP contribution is -2.58. The molecule has 1 atom stereocenters. The van der Waals surface area contributed by atoms with Crippen LogP contribution < -0.4 is 5.32 Å². The van der Waals surface area contributed by atoms with E-state index in [4.69, 9.17) is 4.52 Å². The average molecular weight is 351 g/mol. The molecule has 0 unspecified atom stereocenters. The molecule has 1 aromatic rings. The second-order valence-electron chi connectivity index (χ2n) is 7.68. The van der Waals surface area contributed by atoms with Crippen LogP contribution in [0, 0.1) is 12.3 Å². The van der Waals surface area contributed by atoms with Gasteiger partial charge in [-0.25, -0.2) is 0 Å². The van der Waals surface area contributed by atoms with Gasteiger partial charge in [0.25, 0.3) is 0 Å². The number of hydrogen-bond acceptors (Lipinski definition) is 6. The van der Waals surface area contributed by atoms with Crippen molar-refractivity contribution in [2.75, 3.05) is 26.2 Å². The van der Waals surface area contributed by atoms with E-state index in [1.54, 1.807) is 11.8 Å². The largest absolute Gasteiger partial charge is 0.353 e. The second kappa shape index (κ2) is 7.95. The van der Waals surface area contributed by atoms with Crippen molar-refractivity contribution in [2.24, 2.45) is 5.41 Å². The minimum atomic E-state index is -0.429. The maximum absolute atomic E-state index is 12.7. The van der Waals surface area contributed by atoms with Gasteiger partial charge >= 0.3 is 0 Å². The summed E-state index contributed by atoms with van der Waals surface area (Å²) in [5, 5.41) is 6.71. The van der Waals surface area contributed by atoms with Gasteiger partial charge in [-0.2, -0.15) is 4.98 Å². The summed E-state index contributed by atoms with van der Waals surface area (Å²) in [4.78, 5) is 33.0. The summed E-state index contributed by atoms with van der Waals surface area (Å²) in [5.41, 5.74) is 0.0610. The molecule has 25 heavy (non-hydrogen) atoms. The number of rotatable bonds is 6. The van der Waals surface area contributed by atoms with Crippen LogP contribution in [-0.4, -0.2) is 64.0 Å². The minimum Gasteiger partial charge on any atom is -0.353 e. The van der Waals surface area contributed by atoms with Crippen molar-refractivity contribution < 1.29 is 14.1 Å². The summed E-state index contributed by atoms with van der Waals surface area (Å²) in [7, 11) is 0. The third-order valence-corrected chi connectivity index (χ3v) is 4.12. The standard InChI is InChI=1S/C17H29N5O3/c1-6-21(10-14-19-12(2)25-20-14)15(23)9-13-16(24)18-7-8-22(13)11-17(3,4)5/h13H,6-11H2,1-5H3,(H,18,24)/t13-/m1/s1. The topological polar surface area (TPSA) is 91.6 Å². The van der Waals surface area contributed by atoms with Crippen molar-refractivity contribution >= 4 is 11.8 Å². The van der Waals surface area contributed by atoms with E-state index in [9.17, 15) is 9.59 Å². The SMILES string of the molecule is CCN(Cc1noc(C)n1)C(=O)C[C@@H]1C(=O)NCCN1CC(C)(C)C. The third-order valence-electron chi connectivity index (χ3n) is 4.12. The summed E-state index contributed by atoms with van der Waals surface area (Å²) in [6.07, 6.45) is 0.159. The zero-order valence-corrected chi connectivity index (χ0v) is 15.8. The average Bonchev–Trinajstić information content (AvgIpc) is 2.92. The maximum Gasteiger partial charge on any atom is 0.237 e. The number of amides is 2. The molecule has 1 saturated heterocycles. The fourth-order valence-corrected chi connectivity index (χ4v) is 3.03. The summed E-state index contributed by atoms with van der Waals surface area (Å²) in [6.45, 7) is 13.0. The van der Waals surface area contributed by atoms with Gasteiger partial charge in [0.15, 0.2) is 5.82 Å². The second-order valence-corrected chi connectivity index (χ2v) is 7.68. The van der Waals surface area contributed by atoms with Crippen LogP contribution in [0.3, 0.4) is 0 Å². The van der Waals surface area contributed by atoms with Gasteiger partial charge < -0.3 is 14.7 Å². The van der Waals surface area contributed by atoms with Crippen LogP contribution in [-0.2, 0) is 16.1 Å². The molecule has 0 aromatic carbocycles. The fraction of sp³-hybridized carbons (Fsp3) is 0.765. The Hall–Kier alpha value is -1.96. The van der Waals surface area contributed by atoms with Crippen molar-refractivity contribution in [1.29, 1.82) is 0 Å². The van der Waals surface area contributed by atoms with Crippen LogP contribution in [0.1, 0.15) is 45.8 Å². The lowest BCUT2D eigenvalue weighted by Gasteiger charge is -2.39. The predicted octanol–water partition coefficient (Wildman–Crippen LogP) is 0.963. The smallest absolute Gasteiger partial charge is 0.237 e. The van der Waals surface area contributed by atoms with Gasteiger partial charge in [-0.05, 0) is 12.3 Å². The minimum absolute atomic E-state index is 0.0610. The number of hydrogen-bond donors (Lipinski definition) is 1. The molecule has 140 valence electrons. The highest BCUT2D eigenvalue weighted by Gasteiger charge is 2.34. The third kappa shape index (κ3) is 5.52. The van der Waals surface area contributed by atoms with E-state index in [1.165, 1.54) is 0 Å². The molecule has 0 bridgehead atoms. The van der Waals surface area contributed by atoms with Gasteiger partial charge in [0.1, 0.15) is 0 Å². The molecule has 1 aliphatic rings. The highest BCUT2D eigenvalue weighted by atomic mass is 16.5. The van der Waals surface area contributed by atoms with Crippen molar-refractivity contribution in [3.8, 4) is 0 Å². The molecular formula is C17H29N5O3. The Bertz CT molecular complexity index is 608. The molecule has 0 saturated carbocycles. The van der Waals surface area contributed by atoms with Crippen LogP contribution in [0.4, 0.5) is 0 Å². The van der Waals surface area contributed by atoms with Crippen molar-refractivity contribution in [3.05, 3.63) is 11.7 Å². The molecule has 1 fully saturated rings. The first-order valence-corrected chi connectivity index (χ1v) is 8.78. The quantitative estimate of drug-likeness (QED) is 0.821. The highest BCUT2D eigenvalue weighted by molar-refractivity contribution is 5.88. The Morgan fingerprint density at radius 3 is 2.72 bits per heavy atom. The molecule has 0 spiro atoms. The highest BCUT2D eigenvalue weighted by Crippen LogP contribution is 2.20. The van der Waals surface area contributed by atoms with Crippen LogP contribution >= 0.6 is 0 Å². The number of carbonyl (C=O) groups is 2. The first kappa shape index (κ1) is 19.4. The molecule has 0 aliphatic carbocycles. The van der Waals surface area contributed by atoms with Crippen LogP contribution in [0.15, 0.2) is 4.52 Å². The van der Waals surface area contributed by atoms with Crippen molar-refractivity contribution in [2.45, 2.75) is 53.6 Å². The normalized spacial score (nSPS) is 18.9. The molecule has 2 heterocycles. The van der Waals surface area contributed by atoms with Gasteiger partial charge in [-0.3, -0.25) is 14.5 Å². The molecule has 8 nitrogen and oxygen atoms in total. The lowest BCUT2D eigenvalue weighted by molar-refractivity contribution is -0.139. The predicted molar refractivity (Wildman–Crippen MR) is 92.6 cm³/mol. The van der Waals surface area contributed by atoms with E-state index < -0.39 is 6.04 Å². The molecular weight excluding hydrogens is 322 g/mol. The zero-order chi connectivity index (χ0) is 18.6. The van der Waals surface area contributed by atoms with Gasteiger partial charge in [-0.15, -0.1) is 0 Å². The van der Waals surface area contributed by atoms with Gasteiger partial charge in [0.2, 0.25) is 17.7 Å². The Morgan fingerprint density at radius 2 is 2.16 bits per heavy atom. The summed E-state index contributed by atoms with van der Waals surface area (Å²) >= 11 is 0. The summed E-state index contributed by atoms with van der Waals surface area (Å²) < 4.78 is 4.96. The molecule has 1 N–H and O–H groups in total. The van der Waals surface area contributed by atoms with E-state index in [1.807, 2.05) is 6.92 Å². The number of carbonyl (C=O) groups excluding carboxylic acids is 2. The van der Waals surface area contributed by atoms with E-state index in [0.29, 0.717) is 31.3 Å². The van der Waals surface area contributed by atoms with Crippen LogP contribution in [0.2, 0.25) is 0 Å². The maximum atomic E-state index is 12.7. The number of nitrogens with one attached hydrogen (secondary N) is 1. The van der Waals surface area contributed by atoms with E-state index in [-0.39, 0.29) is 23.7 Å². The number of aromatic nitrogens is 2. The van der Waals surface area contributed by atoms with Gasteiger partial charge in [0.05, 0.1) is 19.0 Å². The Kier molecular flexibility index (Phi) is 6.16. The fourth-order valence-electron chi connectivity index (χ4n) is 3.03. The summed E-state index contributed by atoms with van der Waals surface area (Å²) in [5.74, 6) is 0.801. The van der Waals surface area contributed by atoms with E-state index in [0.717, 1.165) is 13.1 Å². The molecule has 8 heteroatoms. The first-order valence-electron chi connectivity index (χ1n) is 8.78. The molecule has 1 aromatic heterocycles. The zero-order valence-electron chi connectivity index (χ0n) is 15.8. The summed E-state index contributed by atoms with van der Waals surface area (Å²) in [6, 6.07) is -0.429. The number of nitrogens with zero attached hydrogens (tertiary/aromatic N) is 4. The van der Waals surface area contributed by atoms with E-state index in [2.05, 4.69) is 41.1 Å². The van der Waals surface area contributed by atoms with Gasteiger partial charge in [0, 0.05) is 33.1 Å². The van der Waals surface area contributed by atoms with Crippen LogP contribution in [0.5, 0.6) is 0 Å². The van der Waals surface area contributed by atoms with Crippen molar-refractivity contribution in [3.63, 3.8) is 0 Å². The number of piperazine rings is 1. The molecule has 0 radical (unpaired) electrons. The van der Waals surface area contributed by atoms with E-state index >= 15 is 0 Å². The van der Waals surface area contributed by atoms with Gasteiger partial charge in [-0.1, -0.05) is 25.9 Å². The monoisotopic (exact) mass is 351 g/mol. The first-order chi connectivity index (χ1) is 11.7.